The summed E-state index contributed by atoms with van der Waals surface area (Å²) in [6.45, 7) is 2.70. The molecule has 0 saturated carbocycles. The van der Waals surface area contributed by atoms with E-state index < -0.39 is 0 Å². The molecule has 1 heterocycles. The van der Waals surface area contributed by atoms with Gasteiger partial charge in [-0.1, -0.05) is 71.4 Å². The lowest BCUT2D eigenvalue weighted by molar-refractivity contribution is -0.121. The second-order valence-corrected chi connectivity index (χ2v) is 7.94. The Balaban J connectivity index is 1.84. The molecule has 0 atom stereocenters. The molecule has 26 heavy (non-hydrogen) atoms. The second-order valence-electron chi connectivity index (χ2n) is 5.45. The molecule has 3 rings (SSSR count). The van der Waals surface area contributed by atoms with Gasteiger partial charge in [0.05, 0.1) is 4.91 Å². The smallest absolute Gasteiger partial charge is 0.266 e. The number of nitrogens with zero attached hydrogens (tertiary/aromatic N) is 1. The van der Waals surface area contributed by atoms with Crippen LogP contribution < -0.4 is 4.74 Å². The average Bonchev–Trinajstić information content (AvgIpc) is 2.89. The van der Waals surface area contributed by atoms with Crippen molar-refractivity contribution in [2.24, 2.45) is 0 Å². The van der Waals surface area contributed by atoms with Crippen molar-refractivity contribution in [2.45, 2.75) is 13.5 Å². The Morgan fingerprint density at radius 3 is 2.50 bits per heavy atom. The van der Waals surface area contributed by atoms with Crippen molar-refractivity contribution in [1.29, 1.82) is 0 Å². The summed E-state index contributed by atoms with van der Waals surface area (Å²) in [6, 6.07) is 12.8. The van der Waals surface area contributed by atoms with Crippen molar-refractivity contribution in [3.05, 3.63) is 68.5 Å². The molecule has 1 fully saturated rings. The van der Waals surface area contributed by atoms with Gasteiger partial charge in [0.2, 0.25) is 0 Å². The SMILES string of the molecule is CCN1C(=O)/C(=C\c2ccccc2OCc2c(Cl)cccc2Cl)SC1=S. The van der Waals surface area contributed by atoms with Crippen LogP contribution in [0.15, 0.2) is 47.4 Å². The minimum Gasteiger partial charge on any atom is -0.488 e. The zero-order valence-corrected chi connectivity index (χ0v) is 17.0. The minimum atomic E-state index is -0.0774. The molecular weight excluding hydrogens is 409 g/mol. The number of carbonyl (C=O) groups is 1. The lowest BCUT2D eigenvalue weighted by atomic mass is 10.1. The highest BCUT2D eigenvalue weighted by molar-refractivity contribution is 8.26. The molecule has 1 amide bonds. The molecule has 1 aliphatic rings. The molecule has 0 aliphatic carbocycles. The fourth-order valence-electron chi connectivity index (χ4n) is 2.47. The Morgan fingerprint density at radius 2 is 1.85 bits per heavy atom. The highest BCUT2D eigenvalue weighted by Gasteiger charge is 2.30. The summed E-state index contributed by atoms with van der Waals surface area (Å²) in [5.74, 6) is 0.566. The topological polar surface area (TPSA) is 29.5 Å². The predicted molar refractivity (Wildman–Crippen MR) is 113 cm³/mol. The van der Waals surface area contributed by atoms with Crippen molar-refractivity contribution in [1.82, 2.24) is 4.90 Å². The van der Waals surface area contributed by atoms with Crippen molar-refractivity contribution in [3.63, 3.8) is 0 Å². The fourth-order valence-corrected chi connectivity index (χ4v) is 4.35. The first-order valence-electron chi connectivity index (χ1n) is 7.91. The Bertz CT molecular complexity index is 879. The van der Waals surface area contributed by atoms with Gasteiger partial charge < -0.3 is 4.74 Å². The van der Waals surface area contributed by atoms with E-state index in [-0.39, 0.29) is 12.5 Å². The van der Waals surface area contributed by atoms with Crippen molar-refractivity contribution in [3.8, 4) is 5.75 Å². The molecule has 0 bridgehead atoms. The van der Waals surface area contributed by atoms with Crippen LogP contribution in [0.3, 0.4) is 0 Å². The maximum atomic E-state index is 12.4. The van der Waals surface area contributed by atoms with Gasteiger partial charge in [0, 0.05) is 27.7 Å². The number of carbonyl (C=O) groups excluding carboxylic acids is 1. The van der Waals surface area contributed by atoms with E-state index >= 15 is 0 Å². The summed E-state index contributed by atoms with van der Waals surface area (Å²) in [4.78, 5) is 14.6. The van der Waals surface area contributed by atoms with Crippen LogP contribution in [-0.2, 0) is 11.4 Å². The second kappa shape index (κ2) is 8.44. The summed E-state index contributed by atoms with van der Waals surface area (Å²) in [5, 5.41) is 1.11. The van der Waals surface area contributed by atoms with E-state index in [9.17, 15) is 4.79 Å². The Labute approximate surface area is 171 Å². The number of para-hydroxylation sites is 1. The van der Waals surface area contributed by atoms with Gasteiger partial charge in [0.15, 0.2) is 0 Å². The van der Waals surface area contributed by atoms with E-state index in [1.54, 1.807) is 29.2 Å². The number of benzene rings is 2. The van der Waals surface area contributed by atoms with E-state index in [2.05, 4.69) is 0 Å². The first-order valence-corrected chi connectivity index (χ1v) is 9.89. The summed E-state index contributed by atoms with van der Waals surface area (Å²) < 4.78 is 6.50. The maximum Gasteiger partial charge on any atom is 0.266 e. The fraction of sp³-hybridized carbons (Fsp3) is 0.158. The van der Waals surface area contributed by atoms with Crippen LogP contribution in [0.4, 0.5) is 0 Å². The first kappa shape index (κ1) is 19.2. The van der Waals surface area contributed by atoms with Crippen molar-refractivity contribution in [2.75, 3.05) is 6.54 Å². The quantitative estimate of drug-likeness (QED) is 0.449. The number of likely N-dealkylation sites (N-methyl/N-ethyl adjacent to an activating group) is 1. The molecule has 2 aromatic rings. The largest absolute Gasteiger partial charge is 0.488 e. The van der Waals surface area contributed by atoms with Crippen molar-refractivity contribution >= 4 is 63.5 Å². The molecule has 2 aromatic carbocycles. The van der Waals surface area contributed by atoms with Gasteiger partial charge in [-0.2, -0.15) is 0 Å². The van der Waals surface area contributed by atoms with Crippen LogP contribution >= 0.6 is 47.2 Å². The zero-order valence-electron chi connectivity index (χ0n) is 13.9. The van der Waals surface area contributed by atoms with Gasteiger partial charge in [-0.15, -0.1) is 0 Å². The number of thiocarbonyl (C=S) groups is 1. The van der Waals surface area contributed by atoms with Gasteiger partial charge in [-0.25, -0.2) is 0 Å². The molecule has 1 aliphatic heterocycles. The summed E-state index contributed by atoms with van der Waals surface area (Å²) >= 11 is 18.9. The Morgan fingerprint density at radius 1 is 1.15 bits per heavy atom. The number of amides is 1. The van der Waals surface area contributed by atoms with Crippen LogP contribution in [0.2, 0.25) is 10.0 Å². The third-order valence-corrected chi connectivity index (χ3v) is 5.92. The third-order valence-electron chi connectivity index (χ3n) is 3.83. The third kappa shape index (κ3) is 4.07. The standard InChI is InChI=1S/C19H15Cl2NO2S2/c1-2-22-18(23)17(26-19(22)25)10-12-6-3-4-9-16(12)24-11-13-14(20)7-5-8-15(13)21/h3-10H,2,11H2,1H3/b17-10+. The monoisotopic (exact) mass is 423 g/mol. The molecule has 0 aromatic heterocycles. The van der Waals surface area contributed by atoms with Crippen LogP contribution in [0, 0.1) is 0 Å². The molecular formula is C19H15Cl2NO2S2. The normalized spacial score (nSPS) is 15.8. The van der Waals surface area contributed by atoms with Gasteiger partial charge in [-0.3, -0.25) is 9.69 Å². The Kier molecular flexibility index (Phi) is 6.24. The molecule has 1 saturated heterocycles. The van der Waals surface area contributed by atoms with Gasteiger partial charge in [-0.05, 0) is 31.2 Å². The van der Waals surface area contributed by atoms with E-state index in [0.717, 1.165) is 11.1 Å². The van der Waals surface area contributed by atoms with Crippen LogP contribution in [0.1, 0.15) is 18.1 Å². The number of halogens is 2. The number of ether oxygens (including phenoxy) is 1. The summed E-state index contributed by atoms with van der Waals surface area (Å²) in [6.07, 6.45) is 1.80. The van der Waals surface area contributed by atoms with Crippen LogP contribution in [-0.4, -0.2) is 21.7 Å². The van der Waals surface area contributed by atoms with E-state index in [0.29, 0.717) is 31.6 Å². The zero-order chi connectivity index (χ0) is 18.7. The average molecular weight is 424 g/mol. The van der Waals surface area contributed by atoms with Crippen LogP contribution in [0.25, 0.3) is 6.08 Å². The number of thioether (sulfide) groups is 1. The van der Waals surface area contributed by atoms with E-state index in [1.807, 2.05) is 31.2 Å². The molecule has 7 heteroatoms. The molecule has 0 spiro atoms. The van der Waals surface area contributed by atoms with Crippen LogP contribution in [0.5, 0.6) is 5.75 Å². The number of rotatable bonds is 5. The molecule has 134 valence electrons. The van der Waals surface area contributed by atoms with Gasteiger partial charge in [0.1, 0.15) is 16.7 Å². The molecule has 0 unspecified atom stereocenters. The molecule has 0 N–H and O–H groups in total. The maximum absolute atomic E-state index is 12.4. The lowest BCUT2D eigenvalue weighted by Crippen LogP contribution is -2.27. The van der Waals surface area contributed by atoms with E-state index in [4.69, 9.17) is 40.2 Å². The number of hydrogen-bond donors (Lipinski definition) is 0. The van der Waals surface area contributed by atoms with Crippen molar-refractivity contribution < 1.29 is 9.53 Å². The highest BCUT2D eigenvalue weighted by Crippen LogP contribution is 2.34. The molecule has 0 radical (unpaired) electrons. The first-order chi connectivity index (χ1) is 12.5. The highest BCUT2D eigenvalue weighted by atomic mass is 35.5. The minimum absolute atomic E-state index is 0.0774. The molecule has 3 nitrogen and oxygen atoms in total. The Hall–Kier alpha value is -1.53. The number of hydrogen-bond acceptors (Lipinski definition) is 4. The predicted octanol–water partition coefficient (Wildman–Crippen LogP) is 5.79. The van der Waals surface area contributed by atoms with Gasteiger partial charge >= 0.3 is 0 Å². The van der Waals surface area contributed by atoms with E-state index in [1.165, 1.54) is 11.8 Å². The summed E-state index contributed by atoms with van der Waals surface area (Å²) in [5.41, 5.74) is 1.52. The summed E-state index contributed by atoms with van der Waals surface area (Å²) in [7, 11) is 0. The lowest BCUT2D eigenvalue weighted by Gasteiger charge is -2.12. The van der Waals surface area contributed by atoms with Gasteiger partial charge in [0.25, 0.3) is 5.91 Å².